The fourth-order valence-electron chi connectivity index (χ4n) is 1.73. The summed E-state index contributed by atoms with van der Waals surface area (Å²) in [5, 5.41) is 0. The first-order chi connectivity index (χ1) is 8.69. The third-order valence-electron chi connectivity index (χ3n) is 2.56. The van der Waals surface area contributed by atoms with E-state index in [2.05, 4.69) is 0 Å². The van der Waals surface area contributed by atoms with Crippen molar-refractivity contribution in [2.75, 3.05) is 13.2 Å². The molecule has 1 aromatic carbocycles. The van der Waals surface area contributed by atoms with E-state index < -0.39 is 35.3 Å². The van der Waals surface area contributed by atoms with Crippen LogP contribution in [0.2, 0.25) is 0 Å². The molecule has 1 aliphatic heterocycles. The van der Waals surface area contributed by atoms with E-state index in [-0.39, 0.29) is 13.2 Å². The summed E-state index contributed by atoms with van der Waals surface area (Å²) in [6.45, 7) is 0.0798. The van der Waals surface area contributed by atoms with Gasteiger partial charge < -0.3 is 9.47 Å². The van der Waals surface area contributed by atoms with Gasteiger partial charge in [0, 0.05) is 5.56 Å². The minimum Gasteiger partial charge on any atom is -0.346 e. The van der Waals surface area contributed by atoms with Crippen molar-refractivity contribution in [3.05, 3.63) is 34.9 Å². The summed E-state index contributed by atoms with van der Waals surface area (Å²) < 4.78 is 85.5. The molecule has 1 fully saturated rings. The lowest BCUT2D eigenvalue weighted by molar-refractivity contribution is -0.145. The quantitative estimate of drug-likeness (QED) is 0.732. The highest BCUT2D eigenvalue weighted by Gasteiger charge is 2.39. The van der Waals surface area contributed by atoms with Crippen molar-refractivity contribution in [3.63, 3.8) is 0 Å². The normalized spacial score (nSPS) is 18.0. The van der Waals surface area contributed by atoms with Gasteiger partial charge in [-0.1, -0.05) is 0 Å². The van der Waals surface area contributed by atoms with E-state index in [1.165, 1.54) is 0 Å². The first-order valence-electron chi connectivity index (χ1n) is 5.21. The molecule has 0 bridgehead atoms. The molecular formula is C11H8F6O2. The Bertz CT molecular complexity index is 459. The van der Waals surface area contributed by atoms with Gasteiger partial charge in [0.2, 0.25) is 0 Å². The van der Waals surface area contributed by atoms with Crippen molar-refractivity contribution >= 4 is 0 Å². The Morgan fingerprint density at radius 2 is 1.47 bits per heavy atom. The Hall–Kier alpha value is -1.28. The zero-order valence-corrected chi connectivity index (χ0v) is 9.31. The SMILES string of the molecule is FC(F)(F)c1ccc(C(F)(F)F)c(C2OCCO2)c1. The van der Waals surface area contributed by atoms with E-state index in [9.17, 15) is 26.3 Å². The Balaban J connectivity index is 2.50. The van der Waals surface area contributed by atoms with E-state index >= 15 is 0 Å². The van der Waals surface area contributed by atoms with E-state index in [0.29, 0.717) is 18.2 Å². The first kappa shape index (κ1) is 14.1. The van der Waals surface area contributed by atoms with Gasteiger partial charge in [0.05, 0.1) is 24.3 Å². The highest BCUT2D eigenvalue weighted by atomic mass is 19.4. The number of benzene rings is 1. The van der Waals surface area contributed by atoms with Gasteiger partial charge in [-0.05, 0) is 18.2 Å². The summed E-state index contributed by atoms with van der Waals surface area (Å²) in [6.07, 6.45) is -10.9. The van der Waals surface area contributed by atoms with Crippen LogP contribution < -0.4 is 0 Å². The fraction of sp³-hybridized carbons (Fsp3) is 0.455. The molecule has 0 unspecified atom stereocenters. The zero-order chi connectivity index (χ0) is 14.3. The van der Waals surface area contributed by atoms with Crippen LogP contribution in [0.1, 0.15) is 23.0 Å². The van der Waals surface area contributed by atoms with Gasteiger partial charge in [0.25, 0.3) is 0 Å². The second kappa shape index (κ2) is 4.68. The topological polar surface area (TPSA) is 18.5 Å². The molecule has 0 saturated carbocycles. The molecule has 2 nitrogen and oxygen atoms in total. The number of hydrogen-bond donors (Lipinski definition) is 0. The Kier molecular flexibility index (Phi) is 3.48. The van der Waals surface area contributed by atoms with Crippen LogP contribution in [0, 0.1) is 0 Å². The highest BCUT2D eigenvalue weighted by Crippen LogP contribution is 2.40. The maximum absolute atomic E-state index is 12.7. The van der Waals surface area contributed by atoms with Crippen molar-refractivity contribution in [1.29, 1.82) is 0 Å². The third-order valence-corrected chi connectivity index (χ3v) is 2.56. The molecule has 8 heteroatoms. The van der Waals surface area contributed by atoms with Gasteiger partial charge in [0.1, 0.15) is 0 Å². The molecule has 0 radical (unpaired) electrons. The van der Waals surface area contributed by atoms with Gasteiger partial charge in [-0.3, -0.25) is 0 Å². The number of rotatable bonds is 1. The molecule has 0 N–H and O–H groups in total. The van der Waals surface area contributed by atoms with Crippen LogP contribution in [0.4, 0.5) is 26.3 Å². The maximum atomic E-state index is 12.7. The van der Waals surface area contributed by atoms with Crippen LogP contribution in [0.15, 0.2) is 18.2 Å². The minimum atomic E-state index is -4.77. The van der Waals surface area contributed by atoms with Crippen molar-refractivity contribution in [1.82, 2.24) is 0 Å². The van der Waals surface area contributed by atoms with Gasteiger partial charge in [-0.15, -0.1) is 0 Å². The monoisotopic (exact) mass is 286 g/mol. The maximum Gasteiger partial charge on any atom is 0.416 e. The lowest BCUT2D eigenvalue weighted by Gasteiger charge is -2.18. The lowest BCUT2D eigenvalue weighted by Crippen LogP contribution is -2.15. The van der Waals surface area contributed by atoms with Gasteiger partial charge >= 0.3 is 12.4 Å². The molecule has 19 heavy (non-hydrogen) atoms. The summed E-state index contributed by atoms with van der Waals surface area (Å²) in [5.41, 5.74) is -3.01. The smallest absolute Gasteiger partial charge is 0.346 e. The van der Waals surface area contributed by atoms with Gasteiger partial charge in [-0.25, -0.2) is 0 Å². The molecule has 0 amide bonds. The predicted molar refractivity (Wildman–Crippen MR) is 51.1 cm³/mol. The van der Waals surface area contributed by atoms with E-state index in [1.807, 2.05) is 0 Å². The van der Waals surface area contributed by atoms with Gasteiger partial charge in [0.15, 0.2) is 6.29 Å². The molecule has 0 aromatic heterocycles. The molecule has 1 heterocycles. The summed E-state index contributed by atoms with van der Waals surface area (Å²) in [4.78, 5) is 0. The average molecular weight is 286 g/mol. The summed E-state index contributed by atoms with van der Waals surface area (Å²) >= 11 is 0. The second-order valence-corrected chi connectivity index (χ2v) is 3.87. The molecule has 0 aliphatic carbocycles. The number of ether oxygens (including phenoxy) is 2. The van der Waals surface area contributed by atoms with Crippen LogP contribution in [-0.2, 0) is 21.8 Å². The van der Waals surface area contributed by atoms with Crippen molar-refractivity contribution in [2.24, 2.45) is 0 Å². The molecular weight excluding hydrogens is 278 g/mol. The van der Waals surface area contributed by atoms with Crippen LogP contribution in [0.5, 0.6) is 0 Å². The van der Waals surface area contributed by atoms with Crippen LogP contribution in [0.3, 0.4) is 0 Å². The minimum absolute atomic E-state index is 0.0399. The van der Waals surface area contributed by atoms with Crippen LogP contribution in [0.25, 0.3) is 0 Å². The molecule has 2 rings (SSSR count). The largest absolute Gasteiger partial charge is 0.416 e. The molecule has 106 valence electrons. The summed E-state index contributed by atoms with van der Waals surface area (Å²) in [6, 6.07) is 1.20. The molecule has 1 aromatic rings. The third kappa shape index (κ3) is 3.01. The van der Waals surface area contributed by atoms with Crippen molar-refractivity contribution in [2.45, 2.75) is 18.6 Å². The van der Waals surface area contributed by atoms with E-state index in [1.54, 1.807) is 0 Å². The van der Waals surface area contributed by atoms with E-state index in [4.69, 9.17) is 9.47 Å². The zero-order valence-electron chi connectivity index (χ0n) is 9.31. The number of halogens is 6. The molecule has 1 saturated heterocycles. The predicted octanol–water partition coefficient (Wildman–Crippen LogP) is 3.77. The summed E-state index contributed by atoms with van der Waals surface area (Å²) in [5.74, 6) is 0. The Labute approximate surface area is 103 Å². The van der Waals surface area contributed by atoms with Crippen molar-refractivity contribution < 1.29 is 35.8 Å². The van der Waals surface area contributed by atoms with Crippen LogP contribution >= 0.6 is 0 Å². The number of alkyl halides is 6. The fourth-order valence-corrected chi connectivity index (χ4v) is 1.73. The standard InChI is InChI=1S/C11H8F6O2/c12-10(13,14)6-1-2-8(11(15,16)17)7(5-6)9-18-3-4-19-9/h1-2,5,9H,3-4H2. The lowest BCUT2D eigenvalue weighted by atomic mass is 10.0. The Morgan fingerprint density at radius 1 is 0.895 bits per heavy atom. The van der Waals surface area contributed by atoms with Crippen LogP contribution in [-0.4, -0.2) is 13.2 Å². The summed E-state index contributed by atoms with van der Waals surface area (Å²) in [7, 11) is 0. The molecule has 1 aliphatic rings. The van der Waals surface area contributed by atoms with Crippen molar-refractivity contribution in [3.8, 4) is 0 Å². The molecule has 0 spiro atoms. The van der Waals surface area contributed by atoms with E-state index in [0.717, 1.165) is 0 Å². The number of hydrogen-bond acceptors (Lipinski definition) is 2. The highest BCUT2D eigenvalue weighted by molar-refractivity contribution is 5.36. The second-order valence-electron chi connectivity index (χ2n) is 3.87. The van der Waals surface area contributed by atoms with Gasteiger partial charge in [-0.2, -0.15) is 26.3 Å². The Morgan fingerprint density at radius 3 is 1.95 bits per heavy atom. The first-order valence-corrected chi connectivity index (χ1v) is 5.21. The average Bonchev–Trinajstić information content (AvgIpc) is 2.79. The molecule has 0 atom stereocenters.